The van der Waals surface area contributed by atoms with Crippen molar-refractivity contribution in [1.29, 1.82) is 0 Å². The maximum atomic E-state index is 13.6. The third kappa shape index (κ3) is 8.59. The average molecular weight is 385 g/mol. The van der Waals surface area contributed by atoms with Crippen molar-refractivity contribution < 1.29 is 32.6 Å². The molecule has 140 valence electrons. The summed E-state index contributed by atoms with van der Waals surface area (Å²) in [6, 6.07) is 4.09. The van der Waals surface area contributed by atoms with Gasteiger partial charge in [-0.2, -0.15) is 0 Å². The zero-order chi connectivity index (χ0) is 19.7. The molecule has 2 aromatic rings. The minimum Gasteiger partial charge on any atom is -0.478 e. The van der Waals surface area contributed by atoms with Crippen molar-refractivity contribution in [3.05, 3.63) is 59.9 Å². The number of aromatic amines is 1. The lowest BCUT2D eigenvalue weighted by Gasteiger charge is -2.07. The fourth-order valence-electron chi connectivity index (χ4n) is 1.72. The van der Waals surface area contributed by atoms with E-state index < -0.39 is 22.0 Å². The zero-order valence-electron chi connectivity index (χ0n) is 13.5. The molecule has 0 aliphatic heterocycles. The number of carboxylic acid groups (broad SMARTS) is 2. The normalized spacial score (nSPS) is 10.8. The van der Waals surface area contributed by atoms with Crippen LogP contribution in [0.5, 0.6) is 0 Å². The van der Waals surface area contributed by atoms with Crippen molar-refractivity contribution in [2.24, 2.45) is 0 Å². The number of hydrogen-bond donors (Lipinski definition) is 4. The fraction of sp³-hybridized carbons (Fsp3) is 0.133. The first-order valence-electron chi connectivity index (χ1n) is 6.94. The van der Waals surface area contributed by atoms with Gasteiger partial charge in [0.05, 0.1) is 12.6 Å². The quantitative estimate of drug-likeness (QED) is 0.546. The van der Waals surface area contributed by atoms with Crippen LogP contribution in [0, 0.1) is 5.82 Å². The second-order valence-electron chi connectivity index (χ2n) is 4.94. The number of aliphatic carboxylic acids is 2. The fourth-order valence-corrected chi connectivity index (χ4v) is 2.27. The topological polar surface area (TPSA) is 149 Å². The lowest BCUT2D eigenvalue weighted by molar-refractivity contribution is -0.134. The molecule has 11 heteroatoms. The van der Waals surface area contributed by atoms with Gasteiger partial charge >= 0.3 is 11.9 Å². The van der Waals surface area contributed by atoms with E-state index >= 15 is 0 Å². The van der Waals surface area contributed by atoms with Crippen LogP contribution in [0.1, 0.15) is 11.3 Å². The van der Waals surface area contributed by atoms with E-state index in [-0.39, 0.29) is 5.82 Å². The minimum absolute atomic E-state index is 0.325. The Balaban J connectivity index is 0.000000359. The van der Waals surface area contributed by atoms with Gasteiger partial charge in [0.15, 0.2) is 0 Å². The van der Waals surface area contributed by atoms with Gasteiger partial charge < -0.3 is 15.2 Å². The summed E-state index contributed by atoms with van der Waals surface area (Å²) in [6.07, 6.45) is 5.59. The smallest absolute Gasteiger partial charge is 0.328 e. The molecular formula is C15H16FN3O6S. The number of carbonyl (C=O) groups is 2. The average Bonchev–Trinajstić information content (AvgIpc) is 3.01. The first-order chi connectivity index (χ1) is 12.1. The molecule has 0 amide bonds. The molecule has 1 aromatic heterocycles. The van der Waals surface area contributed by atoms with Gasteiger partial charge in [-0.25, -0.2) is 27.4 Å². The standard InChI is InChI=1S/C11H12FN3O2S.C4H4O4/c1-18(16,17)15-9-2-3-11(12)8(4-9)5-10-6-13-7-14-10;5-3(6)1-2-4(7)8/h2-4,6-7,15H,5H2,1H3,(H,13,14);1-2H,(H,5,6)(H,7,8)/b;2-1-. The van der Waals surface area contributed by atoms with Crippen molar-refractivity contribution in [2.75, 3.05) is 11.0 Å². The van der Waals surface area contributed by atoms with Crippen molar-refractivity contribution in [3.8, 4) is 0 Å². The summed E-state index contributed by atoms with van der Waals surface area (Å²) >= 11 is 0. The zero-order valence-corrected chi connectivity index (χ0v) is 14.3. The van der Waals surface area contributed by atoms with Crippen LogP contribution >= 0.6 is 0 Å². The van der Waals surface area contributed by atoms with Crippen LogP contribution in [-0.4, -0.2) is 46.8 Å². The van der Waals surface area contributed by atoms with Crippen LogP contribution in [0.3, 0.4) is 0 Å². The molecule has 4 N–H and O–H groups in total. The van der Waals surface area contributed by atoms with Crippen LogP contribution in [0.15, 0.2) is 42.9 Å². The monoisotopic (exact) mass is 385 g/mol. The van der Waals surface area contributed by atoms with Gasteiger partial charge in [0, 0.05) is 36.2 Å². The number of halogens is 1. The number of aromatic nitrogens is 2. The van der Waals surface area contributed by atoms with E-state index in [4.69, 9.17) is 10.2 Å². The Hall–Kier alpha value is -3.21. The predicted molar refractivity (Wildman–Crippen MR) is 90.7 cm³/mol. The lowest BCUT2D eigenvalue weighted by atomic mass is 10.1. The molecule has 26 heavy (non-hydrogen) atoms. The third-order valence-corrected chi connectivity index (χ3v) is 3.26. The summed E-state index contributed by atoms with van der Waals surface area (Å²) in [5.41, 5.74) is 1.49. The summed E-state index contributed by atoms with van der Waals surface area (Å²) in [5, 5.41) is 15.6. The Kier molecular flexibility index (Phi) is 7.47. The highest BCUT2D eigenvalue weighted by Crippen LogP contribution is 2.18. The van der Waals surface area contributed by atoms with Gasteiger partial charge in [-0.3, -0.25) is 4.72 Å². The highest BCUT2D eigenvalue weighted by atomic mass is 32.2. The largest absolute Gasteiger partial charge is 0.478 e. The summed E-state index contributed by atoms with van der Waals surface area (Å²) < 4.78 is 38.1. The number of rotatable bonds is 6. The molecule has 0 spiro atoms. The number of anilines is 1. The van der Waals surface area contributed by atoms with Gasteiger partial charge in [-0.05, 0) is 23.8 Å². The van der Waals surface area contributed by atoms with Crippen molar-refractivity contribution in [2.45, 2.75) is 6.42 Å². The Morgan fingerprint density at radius 2 is 1.88 bits per heavy atom. The molecule has 0 bridgehead atoms. The molecule has 9 nitrogen and oxygen atoms in total. The number of H-pyrrole nitrogens is 1. The van der Waals surface area contributed by atoms with E-state index in [2.05, 4.69) is 14.7 Å². The summed E-state index contributed by atoms with van der Waals surface area (Å²) in [5.74, 6) is -2.90. The summed E-state index contributed by atoms with van der Waals surface area (Å²) in [7, 11) is -3.36. The van der Waals surface area contributed by atoms with Gasteiger partial charge in [-0.15, -0.1) is 0 Å². The number of imidazole rings is 1. The van der Waals surface area contributed by atoms with Gasteiger partial charge in [0.25, 0.3) is 0 Å². The number of nitrogens with zero attached hydrogens (tertiary/aromatic N) is 1. The number of sulfonamides is 1. The Labute approximate surface area is 148 Å². The molecule has 1 heterocycles. The molecule has 0 aliphatic carbocycles. The molecular weight excluding hydrogens is 369 g/mol. The Bertz CT molecular complexity index is 878. The van der Waals surface area contributed by atoms with Crippen LogP contribution in [0.25, 0.3) is 0 Å². The SMILES string of the molecule is CS(=O)(=O)Nc1ccc(F)c(Cc2cnc[nH]2)c1.O=C(O)/C=C\C(=O)O. The molecule has 0 radical (unpaired) electrons. The van der Waals surface area contributed by atoms with Crippen molar-refractivity contribution in [3.63, 3.8) is 0 Å². The van der Waals surface area contributed by atoms with E-state index in [0.29, 0.717) is 29.8 Å². The summed E-state index contributed by atoms with van der Waals surface area (Å²) in [4.78, 5) is 25.8. The summed E-state index contributed by atoms with van der Waals surface area (Å²) in [6.45, 7) is 0. The highest BCUT2D eigenvalue weighted by molar-refractivity contribution is 7.92. The number of nitrogens with one attached hydrogen (secondary N) is 2. The molecule has 0 saturated heterocycles. The molecule has 1 aromatic carbocycles. The Morgan fingerprint density at radius 1 is 1.27 bits per heavy atom. The first kappa shape index (κ1) is 20.8. The van der Waals surface area contributed by atoms with Crippen LogP contribution in [-0.2, 0) is 26.0 Å². The second-order valence-corrected chi connectivity index (χ2v) is 6.69. The number of hydrogen-bond acceptors (Lipinski definition) is 5. The Morgan fingerprint density at radius 3 is 2.35 bits per heavy atom. The predicted octanol–water partition coefficient (Wildman–Crippen LogP) is 1.22. The molecule has 0 saturated carbocycles. The van der Waals surface area contributed by atoms with Gasteiger partial charge in [-0.1, -0.05) is 0 Å². The van der Waals surface area contributed by atoms with Crippen LogP contribution in [0.4, 0.5) is 10.1 Å². The molecule has 0 aliphatic rings. The first-order valence-corrected chi connectivity index (χ1v) is 8.83. The van der Waals surface area contributed by atoms with E-state index in [0.717, 1.165) is 11.9 Å². The van der Waals surface area contributed by atoms with E-state index in [1.165, 1.54) is 24.5 Å². The molecule has 0 unspecified atom stereocenters. The van der Waals surface area contributed by atoms with E-state index in [1.54, 1.807) is 6.20 Å². The number of benzene rings is 1. The minimum atomic E-state index is -3.36. The van der Waals surface area contributed by atoms with Crippen LogP contribution in [0.2, 0.25) is 0 Å². The molecule has 0 fully saturated rings. The third-order valence-electron chi connectivity index (χ3n) is 2.65. The maximum Gasteiger partial charge on any atom is 0.328 e. The molecule has 2 rings (SSSR count). The van der Waals surface area contributed by atoms with Gasteiger partial charge in [0.2, 0.25) is 10.0 Å². The van der Waals surface area contributed by atoms with E-state index in [1.807, 2.05) is 0 Å². The van der Waals surface area contributed by atoms with Gasteiger partial charge in [0.1, 0.15) is 5.82 Å². The van der Waals surface area contributed by atoms with E-state index in [9.17, 15) is 22.4 Å². The second kappa shape index (κ2) is 9.32. The molecule has 0 atom stereocenters. The maximum absolute atomic E-state index is 13.6. The van der Waals surface area contributed by atoms with Crippen molar-refractivity contribution >= 4 is 27.6 Å². The highest BCUT2D eigenvalue weighted by Gasteiger charge is 2.08. The van der Waals surface area contributed by atoms with Crippen LogP contribution < -0.4 is 4.72 Å². The lowest BCUT2D eigenvalue weighted by Crippen LogP contribution is -2.10. The number of carboxylic acids is 2. The van der Waals surface area contributed by atoms with Crippen molar-refractivity contribution in [1.82, 2.24) is 9.97 Å².